The summed E-state index contributed by atoms with van der Waals surface area (Å²) in [5.41, 5.74) is -0.525. The van der Waals surface area contributed by atoms with Crippen LogP contribution in [0.15, 0.2) is 0 Å². The van der Waals surface area contributed by atoms with Crippen LogP contribution in [-0.2, 0) is 9.53 Å². The van der Waals surface area contributed by atoms with Crippen molar-refractivity contribution in [3.8, 4) is 0 Å². The van der Waals surface area contributed by atoms with Crippen LogP contribution >= 0.6 is 11.8 Å². The maximum absolute atomic E-state index is 11.9. The van der Waals surface area contributed by atoms with E-state index in [0.717, 1.165) is 25.1 Å². The van der Waals surface area contributed by atoms with Gasteiger partial charge in [0, 0.05) is 0 Å². The highest BCUT2D eigenvalue weighted by molar-refractivity contribution is 7.99. The van der Waals surface area contributed by atoms with E-state index in [1.165, 1.54) is 0 Å². The van der Waals surface area contributed by atoms with E-state index in [1.807, 2.05) is 32.5 Å². The molecule has 0 heterocycles. The van der Waals surface area contributed by atoms with E-state index in [1.54, 1.807) is 0 Å². The van der Waals surface area contributed by atoms with Crippen LogP contribution in [0.2, 0.25) is 0 Å². The van der Waals surface area contributed by atoms with E-state index < -0.39 is 5.54 Å². The molecule has 0 aromatic rings. The minimum atomic E-state index is -0.525. The number of esters is 1. The molecule has 0 aromatic heterocycles. The maximum Gasteiger partial charge on any atom is 0.326 e. The summed E-state index contributed by atoms with van der Waals surface area (Å²) >= 11 is 1.94. The van der Waals surface area contributed by atoms with Gasteiger partial charge in [-0.2, -0.15) is 11.8 Å². The molecule has 1 atom stereocenters. The third-order valence-electron chi connectivity index (χ3n) is 2.57. The molecule has 0 radical (unpaired) electrons. The van der Waals surface area contributed by atoms with E-state index in [4.69, 9.17) is 4.74 Å². The molecule has 0 aliphatic carbocycles. The van der Waals surface area contributed by atoms with Gasteiger partial charge in [-0.25, -0.2) is 0 Å². The number of rotatable bonds is 9. The van der Waals surface area contributed by atoms with Crippen LogP contribution in [0.1, 0.15) is 47.5 Å². The number of likely N-dealkylation sites (N-methyl/N-ethyl adjacent to an activating group) is 1. The molecule has 0 aliphatic rings. The quantitative estimate of drug-likeness (QED) is 0.511. The predicted octanol–water partition coefficient (Wildman–Crippen LogP) is 2.84. The first-order valence-corrected chi connectivity index (χ1v) is 7.55. The Hall–Kier alpha value is -0.220. The van der Waals surface area contributed by atoms with Crippen LogP contribution in [-0.4, -0.2) is 35.7 Å². The van der Waals surface area contributed by atoms with Gasteiger partial charge in [-0.15, -0.1) is 0 Å². The van der Waals surface area contributed by atoms with Gasteiger partial charge in [-0.05, 0) is 44.2 Å². The summed E-state index contributed by atoms with van der Waals surface area (Å²) in [6.45, 7) is 11.4. The van der Waals surface area contributed by atoms with Gasteiger partial charge in [0.1, 0.15) is 5.54 Å². The van der Waals surface area contributed by atoms with Gasteiger partial charge in [-0.1, -0.05) is 20.8 Å². The molecule has 0 aliphatic heterocycles. The lowest BCUT2D eigenvalue weighted by molar-refractivity contribution is -0.150. The summed E-state index contributed by atoms with van der Waals surface area (Å²) in [5.74, 6) is 0.967. The molecular weight excluding hydrogens is 234 g/mol. The molecule has 0 aromatic carbocycles. The second-order valence-corrected chi connectivity index (χ2v) is 6.29. The van der Waals surface area contributed by atoms with E-state index in [2.05, 4.69) is 19.2 Å². The van der Waals surface area contributed by atoms with Crippen LogP contribution in [0.25, 0.3) is 0 Å². The molecule has 1 N–H and O–H groups in total. The molecule has 4 heteroatoms. The van der Waals surface area contributed by atoms with Crippen molar-refractivity contribution in [2.24, 2.45) is 0 Å². The highest BCUT2D eigenvalue weighted by Gasteiger charge is 2.32. The molecule has 0 bridgehead atoms. The van der Waals surface area contributed by atoms with Crippen molar-refractivity contribution in [3.05, 3.63) is 0 Å². The fraction of sp³-hybridized carbons (Fsp3) is 0.923. The van der Waals surface area contributed by atoms with Crippen molar-refractivity contribution in [1.29, 1.82) is 0 Å². The van der Waals surface area contributed by atoms with Crippen molar-refractivity contribution in [2.75, 3.05) is 18.9 Å². The van der Waals surface area contributed by atoms with Gasteiger partial charge < -0.3 is 10.1 Å². The average molecular weight is 261 g/mol. The van der Waals surface area contributed by atoms with E-state index in [-0.39, 0.29) is 5.97 Å². The van der Waals surface area contributed by atoms with E-state index in [9.17, 15) is 4.79 Å². The topological polar surface area (TPSA) is 38.3 Å². The highest BCUT2D eigenvalue weighted by Crippen LogP contribution is 2.18. The molecule has 0 saturated carbocycles. The van der Waals surface area contributed by atoms with E-state index >= 15 is 0 Å². The van der Waals surface area contributed by atoms with Crippen LogP contribution in [0.4, 0.5) is 0 Å². The van der Waals surface area contributed by atoms with Crippen molar-refractivity contribution in [1.82, 2.24) is 5.32 Å². The highest BCUT2D eigenvalue weighted by atomic mass is 32.2. The fourth-order valence-corrected chi connectivity index (χ4v) is 2.47. The smallest absolute Gasteiger partial charge is 0.326 e. The second kappa shape index (κ2) is 8.81. The summed E-state index contributed by atoms with van der Waals surface area (Å²) in [6, 6.07) is 0. The zero-order valence-corrected chi connectivity index (χ0v) is 12.7. The third kappa shape index (κ3) is 6.94. The van der Waals surface area contributed by atoms with Gasteiger partial charge in [0.25, 0.3) is 0 Å². The molecular formula is C13H27NO2S. The fourth-order valence-electron chi connectivity index (χ4n) is 1.69. The molecule has 1 unspecified atom stereocenters. The average Bonchev–Trinajstić information content (AvgIpc) is 2.25. The van der Waals surface area contributed by atoms with Gasteiger partial charge in [-0.3, -0.25) is 4.79 Å². The Kier molecular flexibility index (Phi) is 8.70. The summed E-state index contributed by atoms with van der Waals surface area (Å²) in [6.07, 6.45) is 1.87. The van der Waals surface area contributed by atoms with Crippen LogP contribution in [0, 0.1) is 0 Å². The number of hydrogen-bond donors (Lipinski definition) is 1. The van der Waals surface area contributed by atoms with Crippen LogP contribution in [0.5, 0.6) is 0 Å². The largest absolute Gasteiger partial charge is 0.465 e. The normalized spacial score (nSPS) is 14.7. The number of nitrogens with one attached hydrogen (secondary N) is 1. The summed E-state index contributed by atoms with van der Waals surface area (Å²) in [4.78, 5) is 11.9. The molecule has 102 valence electrons. The van der Waals surface area contributed by atoms with Crippen molar-refractivity contribution < 1.29 is 9.53 Å². The second-order valence-electron chi connectivity index (χ2n) is 4.61. The molecule has 0 saturated heterocycles. The van der Waals surface area contributed by atoms with Crippen molar-refractivity contribution in [2.45, 2.75) is 58.2 Å². The standard InChI is InChI=1S/C13H27NO2S/c1-6-14-13(5,12(15)16-7-2)9-8-10-17-11(3)4/h11,14H,6-10H2,1-5H3. The van der Waals surface area contributed by atoms with Crippen molar-refractivity contribution >= 4 is 17.7 Å². The zero-order chi connectivity index (χ0) is 13.3. The number of thioether (sulfide) groups is 1. The lowest BCUT2D eigenvalue weighted by atomic mass is 9.96. The zero-order valence-electron chi connectivity index (χ0n) is 11.8. The molecule has 0 fully saturated rings. The number of carbonyl (C=O) groups excluding carboxylic acids is 1. The summed E-state index contributed by atoms with van der Waals surface area (Å²) < 4.78 is 5.13. The lowest BCUT2D eigenvalue weighted by Gasteiger charge is -2.28. The van der Waals surface area contributed by atoms with Gasteiger partial charge >= 0.3 is 5.97 Å². The molecule has 0 spiro atoms. The maximum atomic E-state index is 11.9. The molecule has 3 nitrogen and oxygen atoms in total. The predicted molar refractivity (Wildman–Crippen MR) is 75.5 cm³/mol. The van der Waals surface area contributed by atoms with Gasteiger partial charge in [0.15, 0.2) is 0 Å². The third-order valence-corrected chi connectivity index (χ3v) is 3.76. The lowest BCUT2D eigenvalue weighted by Crippen LogP contribution is -2.50. The van der Waals surface area contributed by atoms with Crippen LogP contribution < -0.4 is 5.32 Å². The minimum absolute atomic E-state index is 0.128. The Morgan fingerprint density at radius 3 is 2.53 bits per heavy atom. The molecule has 0 rings (SSSR count). The first-order valence-electron chi connectivity index (χ1n) is 6.50. The first-order chi connectivity index (χ1) is 7.96. The summed E-state index contributed by atoms with van der Waals surface area (Å²) in [5, 5.41) is 3.90. The Balaban J connectivity index is 4.16. The van der Waals surface area contributed by atoms with Gasteiger partial charge in [0.2, 0.25) is 0 Å². The SMILES string of the molecule is CCNC(C)(CCCSC(C)C)C(=O)OCC. The monoisotopic (exact) mass is 261 g/mol. The summed E-state index contributed by atoms with van der Waals surface area (Å²) in [7, 11) is 0. The molecule has 17 heavy (non-hydrogen) atoms. The first kappa shape index (κ1) is 16.8. The van der Waals surface area contributed by atoms with Gasteiger partial charge in [0.05, 0.1) is 6.61 Å². The Morgan fingerprint density at radius 2 is 2.06 bits per heavy atom. The van der Waals surface area contributed by atoms with Crippen molar-refractivity contribution in [3.63, 3.8) is 0 Å². The number of carbonyl (C=O) groups is 1. The Morgan fingerprint density at radius 1 is 1.41 bits per heavy atom. The number of ether oxygens (including phenoxy) is 1. The van der Waals surface area contributed by atoms with Crippen LogP contribution in [0.3, 0.4) is 0 Å². The Labute approximate surface area is 110 Å². The minimum Gasteiger partial charge on any atom is -0.465 e. The Bertz CT molecular complexity index is 221. The number of hydrogen-bond acceptors (Lipinski definition) is 4. The van der Waals surface area contributed by atoms with E-state index in [0.29, 0.717) is 11.9 Å². The molecule has 0 amide bonds.